The van der Waals surface area contributed by atoms with Gasteiger partial charge in [0, 0.05) is 25.5 Å². The topological polar surface area (TPSA) is 49.3 Å². The van der Waals surface area contributed by atoms with Crippen molar-refractivity contribution in [2.75, 3.05) is 31.6 Å². The summed E-state index contributed by atoms with van der Waals surface area (Å²) in [7, 11) is 1.89. The molecule has 1 aromatic carbocycles. The van der Waals surface area contributed by atoms with Gasteiger partial charge in [0.2, 0.25) is 5.91 Å². The molecule has 1 heterocycles. The molecule has 0 N–H and O–H groups in total. The largest absolute Gasteiger partial charge is 0.350 e. The normalized spacial score (nSPS) is 10.6. The number of anilines is 1. The third kappa shape index (κ3) is 2.87. The summed E-state index contributed by atoms with van der Waals surface area (Å²) < 4.78 is 0. The number of likely N-dealkylation sites (N-methyl/N-ethyl adjacent to an activating group) is 2. The van der Waals surface area contributed by atoms with Gasteiger partial charge in [0.05, 0.1) is 12.1 Å². The van der Waals surface area contributed by atoms with Crippen molar-refractivity contribution in [1.29, 1.82) is 0 Å². The van der Waals surface area contributed by atoms with E-state index in [0.29, 0.717) is 6.54 Å². The molecule has 0 spiro atoms. The SMILES string of the molecule is CCN(CC)C(=O)CN(C)c1ncnc2ccccc12. The lowest BCUT2D eigenvalue weighted by Crippen LogP contribution is -2.39. The summed E-state index contributed by atoms with van der Waals surface area (Å²) in [5.74, 6) is 0.899. The zero-order valence-corrected chi connectivity index (χ0v) is 12.2. The van der Waals surface area contributed by atoms with Crippen molar-refractivity contribution in [2.24, 2.45) is 0 Å². The number of carbonyl (C=O) groups excluding carboxylic acids is 1. The number of rotatable bonds is 5. The van der Waals surface area contributed by atoms with Gasteiger partial charge in [-0.3, -0.25) is 4.79 Å². The second-order valence-corrected chi connectivity index (χ2v) is 4.64. The molecule has 2 aromatic rings. The molecule has 106 valence electrons. The first-order valence-corrected chi connectivity index (χ1v) is 6.86. The lowest BCUT2D eigenvalue weighted by molar-refractivity contribution is -0.129. The van der Waals surface area contributed by atoms with Gasteiger partial charge in [-0.15, -0.1) is 0 Å². The molecule has 0 aliphatic carbocycles. The summed E-state index contributed by atoms with van der Waals surface area (Å²) in [6, 6.07) is 7.82. The highest BCUT2D eigenvalue weighted by molar-refractivity contribution is 5.91. The van der Waals surface area contributed by atoms with E-state index >= 15 is 0 Å². The monoisotopic (exact) mass is 272 g/mol. The fourth-order valence-electron chi connectivity index (χ4n) is 2.25. The van der Waals surface area contributed by atoms with E-state index in [1.807, 2.05) is 55.0 Å². The zero-order chi connectivity index (χ0) is 14.5. The smallest absolute Gasteiger partial charge is 0.242 e. The Morgan fingerprint density at radius 1 is 1.15 bits per heavy atom. The van der Waals surface area contributed by atoms with Gasteiger partial charge in [-0.05, 0) is 26.0 Å². The fourth-order valence-corrected chi connectivity index (χ4v) is 2.25. The molecule has 0 aliphatic rings. The first-order valence-electron chi connectivity index (χ1n) is 6.86. The van der Waals surface area contributed by atoms with E-state index in [2.05, 4.69) is 9.97 Å². The Balaban J connectivity index is 2.23. The highest BCUT2D eigenvalue weighted by atomic mass is 16.2. The number of hydrogen-bond acceptors (Lipinski definition) is 4. The molecule has 0 saturated carbocycles. The number of aromatic nitrogens is 2. The van der Waals surface area contributed by atoms with Crippen molar-refractivity contribution in [3.05, 3.63) is 30.6 Å². The molecular weight excluding hydrogens is 252 g/mol. The lowest BCUT2D eigenvalue weighted by atomic mass is 10.2. The van der Waals surface area contributed by atoms with Crippen LogP contribution in [-0.4, -0.2) is 47.5 Å². The van der Waals surface area contributed by atoms with Crippen LogP contribution in [0.25, 0.3) is 10.9 Å². The van der Waals surface area contributed by atoms with Crippen molar-refractivity contribution in [1.82, 2.24) is 14.9 Å². The first kappa shape index (κ1) is 14.2. The number of carbonyl (C=O) groups is 1. The molecule has 0 saturated heterocycles. The van der Waals surface area contributed by atoms with E-state index in [-0.39, 0.29) is 5.91 Å². The van der Waals surface area contributed by atoms with Crippen LogP contribution in [-0.2, 0) is 4.79 Å². The van der Waals surface area contributed by atoms with Gasteiger partial charge in [-0.1, -0.05) is 12.1 Å². The average Bonchev–Trinajstić information content (AvgIpc) is 2.47. The van der Waals surface area contributed by atoms with Crippen LogP contribution >= 0.6 is 0 Å². The van der Waals surface area contributed by atoms with Crippen LogP contribution in [0, 0.1) is 0 Å². The highest BCUT2D eigenvalue weighted by Gasteiger charge is 2.15. The van der Waals surface area contributed by atoms with Gasteiger partial charge in [-0.2, -0.15) is 0 Å². The average molecular weight is 272 g/mol. The Morgan fingerprint density at radius 2 is 1.85 bits per heavy atom. The maximum absolute atomic E-state index is 12.2. The van der Waals surface area contributed by atoms with Crippen molar-refractivity contribution >= 4 is 22.6 Å². The fraction of sp³-hybridized carbons (Fsp3) is 0.400. The Bertz CT molecular complexity index is 590. The molecule has 0 aliphatic heterocycles. The quantitative estimate of drug-likeness (QED) is 0.834. The number of para-hydroxylation sites is 1. The van der Waals surface area contributed by atoms with Crippen LogP contribution < -0.4 is 4.90 Å². The zero-order valence-electron chi connectivity index (χ0n) is 12.2. The Kier molecular flexibility index (Phi) is 4.50. The molecule has 20 heavy (non-hydrogen) atoms. The first-order chi connectivity index (χ1) is 9.67. The summed E-state index contributed by atoms with van der Waals surface area (Å²) in [6.45, 7) is 5.76. The van der Waals surface area contributed by atoms with Crippen LogP contribution in [0.5, 0.6) is 0 Å². The van der Waals surface area contributed by atoms with E-state index in [1.165, 1.54) is 6.33 Å². The third-order valence-electron chi connectivity index (χ3n) is 3.37. The van der Waals surface area contributed by atoms with Gasteiger partial charge < -0.3 is 9.80 Å². The summed E-state index contributed by atoms with van der Waals surface area (Å²) in [5, 5.41) is 0.963. The summed E-state index contributed by atoms with van der Waals surface area (Å²) in [4.78, 5) is 24.4. The maximum atomic E-state index is 12.2. The van der Waals surface area contributed by atoms with Crippen LogP contribution in [0.15, 0.2) is 30.6 Å². The standard InChI is InChI=1S/C15H20N4O/c1-4-19(5-2)14(20)10-18(3)15-12-8-6-7-9-13(12)16-11-17-15/h6-9,11H,4-5,10H2,1-3H3. The summed E-state index contributed by atoms with van der Waals surface area (Å²) in [5.41, 5.74) is 0.889. The van der Waals surface area contributed by atoms with Gasteiger partial charge in [-0.25, -0.2) is 9.97 Å². The van der Waals surface area contributed by atoms with Crippen molar-refractivity contribution in [2.45, 2.75) is 13.8 Å². The number of nitrogens with zero attached hydrogens (tertiary/aromatic N) is 4. The van der Waals surface area contributed by atoms with Gasteiger partial charge in [0.1, 0.15) is 12.1 Å². The van der Waals surface area contributed by atoms with Crippen molar-refractivity contribution in [3.63, 3.8) is 0 Å². The molecule has 0 fully saturated rings. The third-order valence-corrected chi connectivity index (χ3v) is 3.37. The summed E-state index contributed by atoms with van der Waals surface area (Å²) in [6.07, 6.45) is 1.54. The number of fused-ring (bicyclic) bond motifs is 1. The highest BCUT2D eigenvalue weighted by Crippen LogP contribution is 2.21. The van der Waals surface area contributed by atoms with Gasteiger partial charge >= 0.3 is 0 Å². The minimum absolute atomic E-state index is 0.111. The van der Waals surface area contributed by atoms with Crippen LogP contribution in [0.3, 0.4) is 0 Å². The molecule has 0 unspecified atom stereocenters. The van der Waals surface area contributed by atoms with E-state index in [4.69, 9.17) is 0 Å². The van der Waals surface area contributed by atoms with E-state index < -0.39 is 0 Å². The Hall–Kier alpha value is -2.17. The van der Waals surface area contributed by atoms with Crippen molar-refractivity contribution in [3.8, 4) is 0 Å². The molecule has 5 nitrogen and oxygen atoms in total. The predicted octanol–water partition coefficient (Wildman–Crippen LogP) is 1.93. The minimum Gasteiger partial charge on any atom is -0.350 e. The molecule has 0 bridgehead atoms. The molecule has 1 aromatic heterocycles. The number of hydrogen-bond donors (Lipinski definition) is 0. The summed E-state index contributed by atoms with van der Waals surface area (Å²) >= 11 is 0. The molecule has 5 heteroatoms. The Labute approximate surface area is 119 Å². The van der Waals surface area contributed by atoms with Crippen LogP contribution in [0.1, 0.15) is 13.8 Å². The van der Waals surface area contributed by atoms with Gasteiger partial charge in [0.15, 0.2) is 0 Å². The molecular formula is C15H20N4O. The van der Waals surface area contributed by atoms with E-state index in [9.17, 15) is 4.79 Å². The molecule has 1 amide bonds. The Morgan fingerprint density at radius 3 is 2.55 bits per heavy atom. The van der Waals surface area contributed by atoms with E-state index in [0.717, 1.165) is 29.8 Å². The van der Waals surface area contributed by atoms with Gasteiger partial charge in [0.25, 0.3) is 0 Å². The molecule has 2 rings (SSSR count). The lowest BCUT2D eigenvalue weighted by Gasteiger charge is -2.24. The number of amides is 1. The minimum atomic E-state index is 0.111. The second-order valence-electron chi connectivity index (χ2n) is 4.64. The number of benzene rings is 1. The molecule has 0 atom stereocenters. The van der Waals surface area contributed by atoms with E-state index in [1.54, 1.807) is 0 Å². The predicted molar refractivity (Wildman–Crippen MR) is 80.7 cm³/mol. The molecule has 0 radical (unpaired) electrons. The maximum Gasteiger partial charge on any atom is 0.242 e. The van der Waals surface area contributed by atoms with Crippen molar-refractivity contribution < 1.29 is 4.79 Å². The van der Waals surface area contributed by atoms with Crippen LogP contribution in [0.4, 0.5) is 5.82 Å². The van der Waals surface area contributed by atoms with Crippen LogP contribution in [0.2, 0.25) is 0 Å². The second kappa shape index (κ2) is 6.32.